The van der Waals surface area contributed by atoms with Crippen molar-refractivity contribution in [2.75, 3.05) is 10.6 Å². The van der Waals surface area contributed by atoms with Gasteiger partial charge in [0, 0.05) is 32.6 Å². The van der Waals surface area contributed by atoms with Gasteiger partial charge in [-0.15, -0.1) is 0 Å². The zero-order chi connectivity index (χ0) is 28.3. The van der Waals surface area contributed by atoms with Crippen molar-refractivity contribution < 1.29 is 14.4 Å². The normalized spacial score (nSPS) is 23.5. The van der Waals surface area contributed by atoms with E-state index in [1.165, 1.54) is 0 Å². The van der Waals surface area contributed by atoms with E-state index in [2.05, 4.69) is 26.6 Å². The van der Waals surface area contributed by atoms with Crippen LogP contribution in [0.2, 0.25) is 5.02 Å². The summed E-state index contributed by atoms with van der Waals surface area (Å²) in [5.41, 5.74) is 2.79. The molecule has 41 heavy (non-hydrogen) atoms. The van der Waals surface area contributed by atoms with Crippen LogP contribution in [0.25, 0.3) is 6.08 Å². The zero-order valence-corrected chi connectivity index (χ0v) is 23.9. The minimum absolute atomic E-state index is 0.277. The summed E-state index contributed by atoms with van der Waals surface area (Å²) >= 11 is 9.53. The van der Waals surface area contributed by atoms with Crippen molar-refractivity contribution >= 4 is 62.6 Å². The summed E-state index contributed by atoms with van der Waals surface area (Å²) in [6, 6.07) is 27.6. The number of rotatable bonds is 4. The monoisotopic (exact) mass is 623 g/mol. The Morgan fingerprint density at radius 2 is 1.61 bits per heavy atom. The molecule has 202 valence electrons. The van der Waals surface area contributed by atoms with E-state index in [0.717, 1.165) is 15.6 Å². The molecule has 4 aromatic carbocycles. The van der Waals surface area contributed by atoms with Crippen LogP contribution in [0.15, 0.2) is 108 Å². The van der Waals surface area contributed by atoms with Crippen molar-refractivity contribution in [2.24, 2.45) is 5.92 Å². The van der Waals surface area contributed by atoms with Gasteiger partial charge in [-0.3, -0.25) is 14.4 Å². The maximum absolute atomic E-state index is 14.7. The molecule has 0 unspecified atom stereocenters. The minimum atomic E-state index is -1.37. The van der Waals surface area contributed by atoms with Gasteiger partial charge < -0.3 is 15.5 Å². The third-order valence-electron chi connectivity index (χ3n) is 8.36. The number of carbonyl (C=O) groups is 3. The molecule has 1 fully saturated rings. The number of para-hydroxylation sites is 1. The molecule has 6 nitrogen and oxygen atoms in total. The van der Waals surface area contributed by atoms with Crippen LogP contribution in [0.4, 0.5) is 11.4 Å². The zero-order valence-electron chi connectivity index (χ0n) is 21.6. The standard InChI is InChI=1S/C33H23BrClN3O3/c34-21-11-9-20(10-12-21)29(39)27-28(31(40)36-23-15-13-22(35)14-16-23)38-18-17-19-5-1-2-6-24(19)30(38)33(27)25-7-3-4-8-26(25)37-32(33)41/h1-18,27-28,30H,(H,36,40)(H,37,41)/t27-,28+,30+,33+/m1/s1. The van der Waals surface area contributed by atoms with Crippen LogP contribution in [0.3, 0.4) is 0 Å². The van der Waals surface area contributed by atoms with E-state index in [1.54, 1.807) is 48.5 Å². The van der Waals surface area contributed by atoms with E-state index in [-0.39, 0.29) is 17.6 Å². The summed E-state index contributed by atoms with van der Waals surface area (Å²) in [7, 11) is 0. The number of nitrogens with zero attached hydrogens (tertiary/aromatic N) is 1. The predicted molar refractivity (Wildman–Crippen MR) is 163 cm³/mol. The number of hydrogen-bond donors (Lipinski definition) is 2. The molecule has 8 heteroatoms. The fourth-order valence-electron chi connectivity index (χ4n) is 6.71. The van der Waals surface area contributed by atoms with Crippen LogP contribution >= 0.6 is 27.5 Å². The molecule has 1 saturated heterocycles. The van der Waals surface area contributed by atoms with Crippen LogP contribution in [0, 0.1) is 5.92 Å². The molecule has 2 N–H and O–H groups in total. The van der Waals surface area contributed by atoms with E-state index < -0.39 is 23.4 Å². The van der Waals surface area contributed by atoms with Gasteiger partial charge in [-0.1, -0.05) is 82.1 Å². The molecule has 7 rings (SSSR count). The molecule has 0 saturated carbocycles. The average molecular weight is 625 g/mol. The van der Waals surface area contributed by atoms with E-state index in [1.807, 2.05) is 65.7 Å². The number of halogens is 2. The molecule has 4 atom stereocenters. The Morgan fingerprint density at radius 1 is 0.902 bits per heavy atom. The van der Waals surface area contributed by atoms with E-state index >= 15 is 0 Å². The molecule has 0 bridgehead atoms. The topological polar surface area (TPSA) is 78.5 Å². The Balaban J connectivity index is 1.48. The van der Waals surface area contributed by atoms with Crippen molar-refractivity contribution in [2.45, 2.75) is 17.5 Å². The Kier molecular flexibility index (Phi) is 6.10. The Bertz CT molecular complexity index is 1750. The van der Waals surface area contributed by atoms with E-state index in [4.69, 9.17) is 11.6 Å². The van der Waals surface area contributed by atoms with Gasteiger partial charge in [0.2, 0.25) is 11.8 Å². The lowest BCUT2D eigenvalue weighted by Gasteiger charge is -2.38. The fourth-order valence-corrected chi connectivity index (χ4v) is 7.10. The molecule has 0 radical (unpaired) electrons. The van der Waals surface area contributed by atoms with Crippen molar-refractivity contribution in [3.8, 4) is 0 Å². The van der Waals surface area contributed by atoms with Crippen LogP contribution in [0.5, 0.6) is 0 Å². The number of hydrogen-bond acceptors (Lipinski definition) is 4. The second kappa shape index (κ2) is 9.72. The number of ketones is 1. The molecule has 1 spiro atoms. The first-order valence-corrected chi connectivity index (χ1v) is 14.4. The summed E-state index contributed by atoms with van der Waals surface area (Å²) in [4.78, 5) is 45.3. The van der Waals surface area contributed by atoms with Crippen LogP contribution in [0.1, 0.15) is 33.1 Å². The molecular weight excluding hydrogens is 602 g/mol. The first-order chi connectivity index (χ1) is 19.9. The Hall–Kier alpha value is -4.20. The van der Waals surface area contributed by atoms with Gasteiger partial charge in [0.15, 0.2) is 5.78 Å². The first-order valence-electron chi connectivity index (χ1n) is 13.2. The number of Topliss-reactive ketones (excluding diaryl/α,β-unsaturated/α-hetero) is 1. The summed E-state index contributed by atoms with van der Waals surface area (Å²) < 4.78 is 0.824. The maximum Gasteiger partial charge on any atom is 0.247 e. The lowest BCUT2D eigenvalue weighted by Crippen LogP contribution is -2.50. The molecule has 3 heterocycles. The number of anilines is 2. The predicted octanol–water partition coefficient (Wildman–Crippen LogP) is 6.84. The average Bonchev–Trinajstić information content (AvgIpc) is 3.47. The summed E-state index contributed by atoms with van der Waals surface area (Å²) in [6.45, 7) is 0. The number of amides is 2. The second-order valence-electron chi connectivity index (χ2n) is 10.5. The highest BCUT2D eigenvalue weighted by Gasteiger charge is 2.70. The third-order valence-corrected chi connectivity index (χ3v) is 9.14. The largest absolute Gasteiger partial charge is 0.356 e. The van der Waals surface area contributed by atoms with Gasteiger partial charge in [-0.05, 0) is 65.2 Å². The smallest absolute Gasteiger partial charge is 0.247 e. The Labute approximate surface area is 250 Å². The molecule has 3 aliphatic rings. The molecule has 4 aromatic rings. The molecular formula is C33H23BrClN3O3. The summed E-state index contributed by atoms with van der Waals surface area (Å²) in [5.74, 6) is -2.00. The van der Waals surface area contributed by atoms with E-state index in [0.29, 0.717) is 27.5 Å². The molecule has 3 aliphatic heterocycles. The SMILES string of the molecule is O=C(Nc1ccc(Cl)cc1)[C@@H]1[C@H](C(=O)c2ccc(Br)cc2)[C@]2(C(=O)Nc3ccccc32)[C@@H]2c3ccccc3C=CN12. The van der Waals surface area contributed by atoms with Crippen molar-refractivity contribution in [3.63, 3.8) is 0 Å². The second-order valence-corrected chi connectivity index (χ2v) is 11.8. The number of fused-ring (bicyclic) bond motifs is 6. The van der Waals surface area contributed by atoms with Crippen LogP contribution in [-0.2, 0) is 15.0 Å². The van der Waals surface area contributed by atoms with Gasteiger partial charge in [-0.2, -0.15) is 0 Å². The molecule has 0 aliphatic carbocycles. The van der Waals surface area contributed by atoms with Crippen molar-refractivity contribution in [1.29, 1.82) is 0 Å². The van der Waals surface area contributed by atoms with Gasteiger partial charge in [0.05, 0.1) is 12.0 Å². The highest BCUT2D eigenvalue weighted by Crippen LogP contribution is 2.62. The first kappa shape index (κ1) is 25.7. The van der Waals surface area contributed by atoms with Crippen molar-refractivity contribution in [3.05, 3.63) is 135 Å². The highest BCUT2D eigenvalue weighted by atomic mass is 79.9. The number of benzene rings is 4. The van der Waals surface area contributed by atoms with Crippen LogP contribution in [-0.4, -0.2) is 28.5 Å². The summed E-state index contributed by atoms with van der Waals surface area (Å²) in [5, 5.41) is 6.60. The van der Waals surface area contributed by atoms with Crippen LogP contribution < -0.4 is 10.6 Å². The highest BCUT2D eigenvalue weighted by molar-refractivity contribution is 9.10. The third kappa shape index (κ3) is 3.87. The lowest BCUT2D eigenvalue weighted by molar-refractivity contribution is -0.122. The van der Waals surface area contributed by atoms with Gasteiger partial charge >= 0.3 is 0 Å². The lowest BCUT2D eigenvalue weighted by atomic mass is 9.63. The van der Waals surface area contributed by atoms with Gasteiger partial charge in [-0.25, -0.2) is 0 Å². The number of carbonyl (C=O) groups excluding carboxylic acids is 3. The fraction of sp³-hybridized carbons (Fsp3) is 0.121. The van der Waals surface area contributed by atoms with Gasteiger partial charge in [0.25, 0.3) is 0 Å². The molecule has 0 aromatic heterocycles. The van der Waals surface area contributed by atoms with E-state index in [9.17, 15) is 14.4 Å². The maximum atomic E-state index is 14.7. The van der Waals surface area contributed by atoms with Gasteiger partial charge in [0.1, 0.15) is 11.5 Å². The Morgan fingerprint density at radius 3 is 2.39 bits per heavy atom. The summed E-state index contributed by atoms with van der Waals surface area (Å²) in [6.07, 6.45) is 3.79. The van der Waals surface area contributed by atoms with Crippen molar-refractivity contribution in [1.82, 2.24) is 4.90 Å². The molecule has 2 amide bonds. The number of nitrogens with one attached hydrogen (secondary N) is 2. The minimum Gasteiger partial charge on any atom is -0.356 e. The quantitative estimate of drug-likeness (QED) is 0.244.